The maximum absolute atomic E-state index is 12.5. The van der Waals surface area contributed by atoms with Gasteiger partial charge in [0.05, 0.1) is 12.2 Å². The van der Waals surface area contributed by atoms with Gasteiger partial charge in [-0.25, -0.2) is 0 Å². The van der Waals surface area contributed by atoms with Crippen LogP contribution >= 0.6 is 0 Å². The zero-order valence-corrected chi connectivity index (χ0v) is 15.5. The van der Waals surface area contributed by atoms with Gasteiger partial charge in [0.25, 0.3) is 0 Å². The Morgan fingerprint density at radius 1 is 1.35 bits per heavy atom. The average molecular weight is 357 g/mol. The minimum absolute atomic E-state index is 0.0480. The van der Waals surface area contributed by atoms with Gasteiger partial charge in [-0.1, -0.05) is 12.1 Å². The van der Waals surface area contributed by atoms with E-state index in [9.17, 15) is 9.90 Å². The molecule has 6 heteroatoms. The van der Waals surface area contributed by atoms with Crippen molar-refractivity contribution in [2.24, 2.45) is 0 Å². The Bertz CT molecular complexity index is 758. The summed E-state index contributed by atoms with van der Waals surface area (Å²) < 4.78 is 7.57. The molecule has 26 heavy (non-hydrogen) atoms. The Balaban J connectivity index is 1.52. The van der Waals surface area contributed by atoms with Crippen LogP contribution in [0.2, 0.25) is 0 Å². The van der Waals surface area contributed by atoms with Crippen LogP contribution in [0.25, 0.3) is 0 Å². The van der Waals surface area contributed by atoms with E-state index in [1.807, 2.05) is 50.4 Å². The molecule has 140 valence electrons. The van der Waals surface area contributed by atoms with Crippen molar-refractivity contribution < 1.29 is 14.6 Å². The monoisotopic (exact) mass is 357 g/mol. The van der Waals surface area contributed by atoms with E-state index in [0.29, 0.717) is 32.5 Å². The van der Waals surface area contributed by atoms with Crippen molar-refractivity contribution in [3.05, 3.63) is 47.8 Å². The third-order valence-corrected chi connectivity index (χ3v) is 4.73. The fraction of sp³-hybridized carbons (Fsp3) is 0.500. The van der Waals surface area contributed by atoms with Crippen molar-refractivity contribution in [1.29, 1.82) is 0 Å². The number of likely N-dealkylation sites (tertiary alicyclic amines) is 1. The molecular formula is C20H27N3O3. The molecule has 3 rings (SSSR count). The summed E-state index contributed by atoms with van der Waals surface area (Å²) in [4.78, 5) is 14.3. The Morgan fingerprint density at radius 2 is 2.19 bits per heavy atom. The number of ether oxygens (including phenoxy) is 1. The first kappa shape index (κ1) is 18.5. The second-order valence-electron chi connectivity index (χ2n) is 7.22. The molecule has 0 radical (unpaired) electrons. The standard InChI is InChI=1S/C20H27N3O3/c1-16-5-3-6-18(13-16)26-15-20(25)9-4-10-22(14-20)19(24)8-12-23-11-7-17(2)21-23/h3,5-7,11,13,25H,4,8-10,12,14-15H2,1-2H3/t20-/m1/s1. The van der Waals surface area contributed by atoms with Gasteiger partial charge in [0, 0.05) is 25.7 Å². The van der Waals surface area contributed by atoms with E-state index in [1.54, 1.807) is 9.58 Å². The molecule has 0 bridgehead atoms. The van der Waals surface area contributed by atoms with Crippen LogP contribution in [0.15, 0.2) is 36.5 Å². The lowest BCUT2D eigenvalue weighted by Gasteiger charge is -2.39. The highest BCUT2D eigenvalue weighted by atomic mass is 16.5. The molecule has 1 saturated heterocycles. The van der Waals surface area contributed by atoms with Gasteiger partial charge >= 0.3 is 0 Å². The van der Waals surface area contributed by atoms with E-state index in [1.165, 1.54) is 0 Å². The number of rotatable bonds is 6. The van der Waals surface area contributed by atoms with E-state index < -0.39 is 5.60 Å². The Hall–Kier alpha value is -2.34. The Morgan fingerprint density at radius 3 is 2.92 bits per heavy atom. The maximum atomic E-state index is 12.5. The van der Waals surface area contributed by atoms with E-state index in [0.717, 1.165) is 23.4 Å². The predicted octanol–water partition coefficient (Wildman–Crippen LogP) is 2.32. The number of aryl methyl sites for hydroxylation is 3. The number of carbonyl (C=O) groups is 1. The molecule has 0 spiro atoms. The molecule has 2 aromatic rings. The highest BCUT2D eigenvalue weighted by molar-refractivity contribution is 5.76. The number of carbonyl (C=O) groups excluding carboxylic acids is 1. The topological polar surface area (TPSA) is 67.6 Å². The number of benzene rings is 1. The number of nitrogens with zero attached hydrogens (tertiary/aromatic N) is 3. The van der Waals surface area contributed by atoms with Gasteiger partial charge in [-0.3, -0.25) is 9.48 Å². The number of hydrogen-bond acceptors (Lipinski definition) is 4. The number of hydrogen-bond donors (Lipinski definition) is 1. The van der Waals surface area contributed by atoms with Crippen molar-refractivity contribution in [1.82, 2.24) is 14.7 Å². The molecule has 1 aliphatic heterocycles. The normalized spacial score (nSPS) is 20.2. The van der Waals surface area contributed by atoms with Gasteiger partial charge < -0.3 is 14.7 Å². The summed E-state index contributed by atoms with van der Waals surface area (Å²) in [6, 6.07) is 9.69. The molecule has 0 aliphatic carbocycles. The molecule has 1 N–H and O–H groups in total. The van der Waals surface area contributed by atoms with Crippen LogP contribution in [0, 0.1) is 13.8 Å². The third kappa shape index (κ3) is 4.85. The summed E-state index contributed by atoms with van der Waals surface area (Å²) in [5, 5.41) is 15.2. The van der Waals surface area contributed by atoms with Gasteiger partial charge in [-0.05, 0) is 50.5 Å². The SMILES string of the molecule is Cc1cccc(OC[C@@]2(O)CCCN(C(=O)CCn3ccc(C)n3)C2)c1. The smallest absolute Gasteiger partial charge is 0.224 e. The summed E-state index contributed by atoms with van der Waals surface area (Å²) in [5.41, 5.74) is 1.06. The lowest BCUT2D eigenvalue weighted by Crippen LogP contribution is -2.53. The highest BCUT2D eigenvalue weighted by Crippen LogP contribution is 2.24. The number of piperidine rings is 1. The van der Waals surface area contributed by atoms with Crippen molar-refractivity contribution in [2.75, 3.05) is 19.7 Å². The van der Waals surface area contributed by atoms with E-state index in [-0.39, 0.29) is 12.5 Å². The van der Waals surface area contributed by atoms with E-state index in [2.05, 4.69) is 5.10 Å². The lowest BCUT2D eigenvalue weighted by atomic mass is 9.93. The first-order chi connectivity index (χ1) is 12.4. The first-order valence-corrected chi connectivity index (χ1v) is 9.13. The van der Waals surface area contributed by atoms with Crippen LogP contribution in [0.3, 0.4) is 0 Å². The number of aliphatic hydroxyl groups is 1. The van der Waals surface area contributed by atoms with Crippen LogP contribution in [-0.4, -0.2) is 51.0 Å². The Kier molecular flexibility index (Phi) is 5.61. The molecular weight excluding hydrogens is 330 g/mol. The van der Waals surface area contributed by atoms with Gasteiger partial charge in [-0.15, -0.1) is 0 Å². The fourth-order valence-corrected chi connectivity index (χ4v) is 3.32. The molecule has 6 nitrogen and oxygen atoms in total. The third-order valence-electron chi connectivity index (χ3n) is 4.73. The van der Waals surface area contributed by atoms with Gasteiger partial charge in [0.1, 0.15) is 18.0 Å². The van der Waals surface area contributed by atoms with Gasteiger partial charge in [0.15, 0.2) is 0 Å². The molecule has 2 heterocycles. The van der Waals surface area contributed by atoms with Gasteiger partial charge in [-0.2, -0.15) is 5.10 Å². The zero-order valence-electron chi connectivity index (χ0n) is 15.5. The lowest BCUT2D eigenvalue weighted by molar-refractivity contribution is -0.140. The second-order valence-corrected chi connectivity index (χ2v) is 7.22. The van der Waals surface area contributed by atoms with Crippen molar-refractivity contribution in [2.45, 2.75) is 45.3 Å². The summed E-state index contributed by atoms with van der Waals surface area (Å²) in [5.74, 6) is 0.794. The summed E-state index contributed by atoms with van der Waals surface area (Å²) in [6.45, 7) is 5.68. The fourth-order valence-electron chi connectivity index (χ4n) is 3.32. The van der Waals surface area contributed by atoms with E-state index >= 15 is 0 Å². The molecule has 0 unspecified atom stereocenters. The quantitative estimate of drug-likeness (QED) is 0.862. The number of amides is 1. The van der Waals surface area contributed by atoms with Crippen LogP contribution in [0.1, 0.15) is 30.5 Å². The second kappa shape index (κ2) is 7.91. The minimum Gasteiger partial charge on any atom is -0.491 e. The van der Waals surface area contributed by atoms with Crippen molar-refractivity contribution in [3.63, 3.8) is 0 Å². The van der Waals surface area contributed by atoms with Crippen LogP contribution < -0.4 is 4.74 Å². The summed E-state index contributed by atoms with van der Waals surface area (Å²) in [7, 11) is 0. The molecule has 1 aliphatic rings. The predicted molar refractivity (Wildman–Crippen MR) is 99.0 cm³/mol. The summed E-state index contributed by atoms with van der Waals surface area (Å²) >= 11 is 0. The first-order valence-electron chi connectivity index (χ1n) is 9.13. The molecule has 1 atom stereocenters. The van der Waals surface area contributed by atoms with E-state index in [4.69, 9.17) is 4.74 Å². The maximum Gasteiger partial charge on any atom is 0.224 e. The summed E-state index contributed by atoms with van der Waals surface area (Å²) in [6.07, 6.45) is 3.68. The van der Waals surface area contributed by atoms with Crippen LogP contribution in [0.4, 0.5) is 0 Å². The number of aromatic nitrogens is 2. The molecule has 0 saturated carbocycles. The minimum atomic E-state index is -1.00. The van der Waals surface area contributed by atoms with Crippen molar-refractivity contribution in [3.8, 4) is 5.75 Å². The average Bonchev–Trinajstić information content (AvgIpc) is 3.03. The molecule has 1 aromatic heterocycles. The van der Waals surface area contributed by atoms with Crippen molar-refractivity contribution >= 4 is 5.91 Å². The number of β-amino-alcohol motifs (C(OH)–C–C–N with tert-alkyl or cyclic N) is 1. The van der Waals surface area contributed by atoms with Gasteiger partial charge in [0.2, 0.25) is 5.91 Å². The van der Waals surface area contributed by atoms with Crippen LogP contribution in [-0.2, 0) is 11.3 Å². The largest absolute Gasteiger partial charge is 0.491 e. The molecule has 1 amide bonds. The Labute approximate surface area is 154 Å². The highest BCUT2D eigenvalue weighted by Gasteiger charge is 2.35. The molecule has 1 aromatic carbocycles. The van der Waals surface area contributed by atoms with Crippen LogP contribution in [0.5, 0.6) is 5.75 Å². The zero-order chi connectivity index (χ0) is 18.6. The molecule has 1 fully saturated rings.